The zero-order valence-electron chi connectivity index (χ0n) is 10.7. The predicted octanol–water partition coefficient (Wildman–Crippen LogP) is 4.02. The van der Waals surface area contributed by atoms with E-state index in [9.17, 15) is 13.2 Å². The maximum Gasteiger partial charge on any atom is 0.417 e. The Balaban J connectivity index is 2.32. The first-order chi connectivity index (χ1) is 9.36. The third-order valence-electron chi connectivity index (χ3n) is 3.00. The fraction of sp³-hybridized carbons (Fsp3) is 0.231. The highest BCUT2D eigenvalue weighted by Gasteiger charge is 2.34. The molecule has 0 aliphatic heterocycles. The molecule has 0 atom stereocenters. The fourth-order valence-corrected chi connectivity index (χ4v) is 2.88. The molecule has 0 saturated heterocycles. The summed E-state index contributed by atoms with van der Waals surface area (Å²) < 4.78 is 40.9. The topological polar surface area (TPSA) is 30.7 Å². The molecule has 104 valence electrons. The Morgan fingerprint density at radius 2 is 2.00 bits per heavy atom. The summed E-state index contributed by atoms with van der Waals surface area (Å²) in [6, 6.07) is 4.74. The molecule has 3 nitrogen and oxygen atoms in total. The number of rotatable bonds is 1. The van der Waals surface area contributed by atoms with Gasteiger partial charge in [-0.1, -0.05) is 0 Å². The lowest BCUT2D eigenvalue weighted by Crippen LogP contribution is -2.07. The van der Waals surface area contributed by atoms with Crippen molar-refractivity contribution in [2.75, 3.05) is 0 Å². The zero-order chi connectivity index (χ0) is 14.5. The van der Waals surface area contributed by atoms with E-state index in [0.29, 0.717) is 5.69 Å². The molecule has 0 radical (unpaired) electrons. The number of pyridine rings is 1. The van der Waals surface area contributed by atoms with Gasteiger partial charge in [-0.2, -0.15) is 18.3 Å². The van der Waals surface area contributed by atoms with E-state index in [1.165, 1.54) is 22.2 Å². The summed E-state index contributed by atoms with van der Waals surface area (Å²) >= 11 is 1.42. The van der Waals surface area contributed by atoms with E-state index >= 15 is 0 Å². The molecule has 0 aliphatic carbocycles. The van der Waals surface area contributed by atoms with Gasteiger partial charge in [0.05, 0.1) is 27.7 Å². The molecule has 20 heavy (non-hydrogen) atoms. The number of nitrogens with zero attached hydrogens (tertiary/aromatic N) is 3. The molecule has 0 bridgehead atoms. The number of fused-ring (bicyclic) bond motifs is 1. The van der Waals surface area contributed by atoms with Crippen LogP contribution in [0.2, 0.25) is 0 Å². The molecule has 0 saturated carbocycles. The van der Waals surface area contributed by atoms with Gasteiger partial charge in [0, 0.05) is 11.9 Å². The van der Waals surface area contributed by atoms with E-state index in [1.54, 1.807) is 13.1 Å². The molecule has 3 aromatic rings. The Bertz CT molecular complexity index is 786. The lowest BCUT2D eigenvalue weighted by Gasteiger charge is -2.09. The van der Waals surface area contributed by atoms with Gasteiger partial charge in [0.2, 0.25) is 0 Å². The Labute approximate surface area is 116 Å². The highest BCUT2D eigenvalue weighted by molar-refractivity contribution is 7.15. The minimum Gasteiger partial charge on any atom is -0.250 e. The number of hydrogen-bond acceptors (Lipinski definition) is 3. The van der Waals surface area contributed by atoms with E-state index < -0.39 is 11.7 Å². The minimum atomic E-state index is -4.43. The summed E-state index contributed by atoms with van der Waals surface area (Å²) in [5.74, 6) is 0. The van der Waals surface area contributed by atoms with Gasteiger partial charge in [-0.25, -0.2) is 4.98 Å². The highest BCUT2D eigenvalue weighted by atomic mass is 32.1. The van der Waals surface area contributed by atoms with Crippen LogP contribution in [-0.4, -0.2) is 14.8 Å². The van der Waals surface area contributed by atoms with Gasteiger partial charge in [-0.3, -0.25) is 4.68 Å². The lowest BCUT2D eigenvalue weighted by atomic mass is 10.1. The molecule has 0 aromatic carbocycles. The van der Waals surface area contributed by atoms with Crippen LogP contribution in [-0.2, 0) is 13.2 Å². The number of thiophene rings is 1. The summed E-state index contributed by atoms with van der Waals surface area (Å²) in [4.78, 5) is 6.05. The first-order valence-corrected chi connectivity index (χ1v) is 6.64. The maximum atomic E-state index is 13.2. The Kier molecular flexibility index (Phi) is 2.82. The average Bonchev–Trinajstić information content (AvgIpc) is 2.94. The van der Waals surface area contributed by atoms with Crippen molar-refractivity contribution in [3.05, 3.63) is 34.8 Å². The molecular weight excluding hydrogens is 287 g/mol. The van der Waals surface area contributed by atoms with Gasteiger partial charge in [0.25, 0.3) is 0 Å². The van der Waals surface area contributed by atoms with Gasteiger partial charge in [0.1, 0.15) is 0 Å². The van der Waals surface area contributed by atoms with Crippen LogP contribution in [0.25, 0.3) is 21.6 Å². The standard InChI is InChI=1S/C13H10F3N3S/c1-7-3-4-11(20-7)10-5-9(13(14,15)16)8-6-17-19(2)12(8)18-10/h3-6H,1-2H3. The molecular formula is C13H10F3N3S. The quantitative estimate of drug-likeness (QED) is 0.679. The van der Waals surface area contributed by atoms with Crippen LogP contribution in [0.5, 0.6) is 0 Å². The van der Waals surface area contributed by atoms with E-state index in [4.69, 9.17) is 0 Å². The zero-order valence-corrected chi connectivity index (χ0v) is 11.5. The third-order valence-corrected chi connectivity index (χ3v) is 4.03. The average molecular weight is 297 g/mol. The van der Waals surface area contributed by atoms with E-state index in [1.807, 2.05) is 13.0 Å². The third kappa shape index (κ3) is 2.07. The van der Waals surface area contributed by atoms with Crippen LogP contribution >= 0.6 is 11.3 Å². The fourth-order valence-electron chi connectivity index (χ4n) is 2.05. The molecule has 0 amide bonds. The van der Waals surface area contributed by atoms with Crippen molar-refractivity contribution in [2.24, 2.45) is 7.05 Å². The monoisotopic (exact) mass is 297 g/mol. The molecule has 7 heteroatoms. The first-order valence-electron chi connectivity index (χ1n) is 5.83. The van der Waals surface area contributed by atoms with Gasteiger partial charge < -0.3 is 0 Å². The smallest absolute Gasteiger partial charge is 0.250 e. The Morgan fingerprint density at radius 3 is 2.60 bits per heavy atom. The van der Waals surface area contributed by atoms with E-state index in [-0.39, 0.29) is 11.0 Å². The number of alkyl halides is 3. The summed E-state index contributed by atoms with van der Waals surface area (Å²) in [7, 11) is 1.58. The van der Waals surface area contributed by atoms with Crippen molar-refractivity contribution >= 4 is 22.4 Å². The van der Waals surface area contributed by atoms with Crippen LogP contribution in [0.1, 0.15) is 10.4 Å². The molecule has 3 rings (SSSR count). The van der Waals surface area contributed by atoms with Crippen LogP contribution in [0, 0.1) is 6.92 Å². The van der Waals surface area contributed by atoms with Crippen molar-refractivity contribution in [1.82, 2.24) is 14.8 Å². The second-order valence-electron chi connectivity index (χ2n) is 4.47. The van der Waals surface area contributed by atoms with Crippen LogP contribution < -0.4 is 0 Å². The summed E-state index contributed by atoms with van der Waals surface area (Å²) in [5, 5.41) is 3.89. The highest BCUT2D eigenvalue weighted by Crippen LogP contribution is 2.37. The Hall–Kier alpha value is -1.89. The summed E-state index contributed by atoms with van der Waals surface area (Å²) in [5.41, 5.74) is -0.135. The van der Waals surface area contributed by atoms with Crippen molar-refractivity contribution < 1.29 is 13.2 Å². The van der Waals surface area contributed by atoms with Gasteiger partial charge in [0.15, 0.2) is 5.65 Å². The molecule has 0 spiro atoms. The minimum absolute atomic E-state index is 0.0250. The van der Waals surface area contributed by atoms with Gasteiger partial charge >= 0.3 is 6.18 Å². The number of halogens is 3. The maximum absolute atomic E-state index is 13.2. The molecule has 3 heterocycles. The molecule has 3 aromatic heterocycles. The van der Waals surface area contributed by atoms with Crippen LogP contribution in [0.4, 0.5) is 13.2 Å². The van der Waals surface area contributed by atoms with Crippen molar-refractivity contribution in [3.8, 4) is 10.6 Å². The van der Waals surface area contributed by atoms with Gasteiger partial charge in [-0.05, 0) is 25.1 Å². The van der Waals surface area contributed by atoms with Gasteiger partial charge in [-0.15, -0.1) is 11.3 Å². The molecule has 0 unspecified atom stereocenters. The van der Waals surface area contributed by atoms with E-state index in [0.717, 1.165) is 15.8 Å². The first kappa shape index (κ1) is 13.1. The normalized spacial score (nSPS) is 12.2. The predicted molar refractivity (Wildman–Crippen MR) is 71.6 cm³/mol. The number of aryl methyl sites for hydroxylation is 2. The van der Waals surface area contributed by atoms with Crippen molar-refractivity contribution in [2.45, 2.75) is 13.1 Å². The summed E-state index contributed by atoms with van der Waals surface area (Å²) in [6.45, 7) is 1.90. The van der Waals surface area contributed by atoms with Crippen molar-refractivity contribution in [1.29, 1.82) is 0 Å². The summed E-state index contributed by atoms with van der Waals surface area (Å²) in [6.07, 6.45) is -3.22. The van der Waals surface area contributed by atoms with Crippen LogP contribution in [0.3, 0.4) is 0 Å². The Morgan fingerprint density at radius 1 is 1.25 bits per heavy atom. The van der Waals surface area contributed by atoms with Crippen molar-refractivity contribution in [3.63, 3.8) is 0 Å². The molecule has 0 fully saturated rings. The van der Waals surface area contributed by atoms with Crippen LogP contribution in [0.15, 0.2) is 24.4 Å². The SMILES string of the molecule is Cc1ccc(-c2cc(C(F)(F)F)c3cnn(C)c3n2)s1. The second kappa shape index (κ2) is 4.31. The second-order valence-corrected chi connectivity index (χ2v) is 5.76. The number of aromatic nitrogens is 3. The molecule has 0 aliphatic rings. The largest absolute Gasteiger partial charge is 0.417 e. The number of hydrogen-bond donors (Lipinski definition) is 0. The molecule has 0 N–H and O–H groups in total. The van der Waals surface area contributed by atoms with E-state index in [2.05, 4.69) is 10.1 Å². The lowest BCUT2D eigenvalue weighted by molar-refractivity contribution is -0.136.